The molecule has 0 fully saturated rings. The van der Waals surface area contributed by atoms with Gasteiger partial charge >= 0.3 is 0 Å². The minimum atomic E-state index is -0.129. The van der Waals surface area contributed by atoms with Gasteiger partial charge in [0.2, 0.25) is 0 Å². The smallest absolute Gasteiger partial charge is 0.196 e. The van der Waals surface area contributed by atoms with Crippen LogP contribution < -0.4 is 0 Å². The molecule has 0 saturated carbocycles. The summed E-state index contributed by atoms with van der Waals surface area (Å²) in [6, 6.07) is 18.7. The normalized spacial score (nSPS) is 17.8. The minimum absolute atomic E-state index is 0.129. The summed E-state index contributed by atoms with van der Waals surface area (Å²) in [5.74, 6) is 1.90. The average Bonchev–Trinajstić information content (AvgIpc) is 3.20. The molecular weight excluding hydrogens is 308 g/mol. The van der Waals surface area contributed by atoms with Gasteiger partial charge in [0.15, 0.2) is 17.8 Å². The van der Waals surface area contributed by atoms with Gasteiger partial charge in [0.25, 0.3) is 0 Å². The molecule has 3 nitrogen and oxygen atoms in total. The van der Waals surface area contributed by atoms with Crippen LogP contribution in [0, 0.1) is 0 Å². The zero-order chi connectivity index (χ0) is 17.1. The van der Waals surface area contributed by atoms with E-state index in [1.807, 2.05) is 12.1 Å². The number of unbranched alkanes of at least 4 members (excludes halogenated alkanes) is 4. The van der Waals surface area contributed by atoms with Crippen molar-refractivity contribution in [3.05, 3.63) is 72.1 Å². The van der Waals surface area contributed by atoms with Gasteiger partial charge in [-0.15, -0.1) is 0 Å². The van der Waals surface area contributed by atoms with Gasteiger partial charge in [-0.1, -0.05) is 68.7 Å². The van der Waals surface area contributed by atoms with Crippen molar-refractivity contribution >= 4 is 16.9 Å². The molecule has 0 bridgehead atoms. The lowest BCUT2D eigenvalue weighted by Gasteiger charge is -2.10. The Morgan fingerprint density at radius 1 is 1.00 bits per heavy atom. The summed E-state index contributed by atoms with van der Waals surface area (Å²) >= 11 is 0. The van der Waals surface area contributed by atoms with Gasteiger partial charge < -0.3 is 4.74 Å². The molecule has 25 heavy (non-hydrogen) atoms. The fourth-order valence-electron chi connectivity index (χ4n) is 3.46. The van der Waals surface area contributed by atoms with Crippen LogP contribution in [0.3, 0.4) is 0 Å². The fourth-order valence-corrected chi connectivity index (χ4v) is 3.46. The third-order valence-electron chi connectivity index (χ3n) is 4.76. The number of benzene rings is 2. The molecule has 0 spiro atoms. The molecule has 1 aromatic heterocycles. The molecule has 1 aliphatic heterocycles. The first-order valence-electron chi connectivity index (χ1n) is 9.28. The van der Waals surface area contributed by atoms with E-state index in [-0.39, 0.29) is 6.10 Å². The van der Waals surface area contributed by atoms with Gasteiger partial charge in [0.05, 0.1) is 11.0 Å². The van der Waals surface area contributed by atoms with Crippen molar-refractivity contribution in [2.45, 2.75) is 45.1 Å². The second-order valence-electron chi connectivity index (χ2n) is 6.59. The molecule has 0 aliphatic carbocycles. The van der Waals surface area contributed by atoms with E-state index < -0.39 is 0 Å². The Morgan fingerprint density at radius 3 is 2.64 bits per heavy atom. The highest BCUT2D eigenvalue weighted by molar-refractivity contribution is 5.80. The van der Waals surface area contributed by atoms with Crippen molar-refractivity contribution in [3.8, 4) is 0 Å². The molecule has 1 unspecified atom stereocenters. The van der Waals surface area contributed by atoms with Crippen molar-refractivity contribution in [1.82, 2.24) is 9.55 Å². The first-order chi connectivity index (χ1) is 12.4. The first-order valence-corrected chi connectivity index (χ1v) is 9.28. The Labute approximate surface area is 149 Å². The van der Waals surface area contributed by atoms with Crippen LogP contribution in [-0.2, 0) is 4.74 Å². The van der Waals surface area contributed by atoms with Crippen LogP contribution in [0.1, 0.15) is 56.5 Å². The van der Waals surface area contributed by atoms with Crippen LogP contribution in [-0.4, -0.2) is 9.55 Å². The number of allylic oxidation sites excluding steroid dienone is 1. The van der Waals surface area contributed by atoms with Gasteiger partial charge in [0, 0.05) is 5.56 Å². The highest BCUT2D eigenvalue weighted by atomic mass is 16.5. The molecule has 2 aromatic carbocycles. The van der Waals surface area contributed by atoms with Crippen molar-refractivity contribution < 1.29 is 4.74 Å². The van der Waals surface area contributed by atoms with E-state index in [4.69, 9.17) is 9.72 Å². The zero-order valence-corrected chi connectivity index (χ0v) is 14.7. The van der Waals surface area contributed by atoms with Crippen molar-refractivity contribution in [2.24, 2.45) is 0 Å². The maximum atomic E-state index is 6.33. The molecule has 3 heteroatoms. The number of nitrogens with zero attached hydrogens (tertiary/aromatic N) is 2. The standard InChI is InChI=1S/C22H24N2O/c1-2-3-4-5-9-16-20-24-19-15-11-10-14-18(19)23-22(24)21(25-20)17-12-7-6-8-13-17/h6-8,10-16,21H,2-5,9H2,1H3/b20-16+. The molecule has 0 N–H and O–H groups in total. The van der Waals surface area contributed by atoms with Crippen LogP contribution in [0.25, 0.3) is 16.9 Å². The average molecular weight is 332 g/mol. The van der Waals surface area contributed by atoms with Crippen LogP contribution in [0.4, 0.5) is 0 Å². The Kier molecular flexibility index (Phi) is 4.55. The van der Waals surface area contributed by atoms with Crippen LogP contribution in [0.15, 0.2) is 60.7 Å². The van der Waals surface area contributed by atoms with E-state index in [9.17, 15) is 0 Å². The highest BCUT2D eigenvalue weighted by Crippen LogP contribution is 2.39. The third kappa shape index (κ3) is 3.07. The number of hydrogen-bond acceptors (Lipinski definition) is 2. The lowest BCUT2D eigenvalue weighted by atomic mass is 10.1. The number of fused-ring (bicyclic) bond motifs is 3. The molecule has 0 radical (unpaired) electrons. The SMILES string of the molecule is CCCCCC/C=C1/OC(c2ccccc2)c2nc3ccccc3n21. The summed E-state index contributed by atoms with van der Waals surface area (Å²) in [7, 11) is 0. The monoisotopic (exact) mass is 332 g/mol. The van der Waals surface area contributed by atoms with Crippen molar-refractivity contribution in [3.63, 3.8) is 0 Å². The third-order valence-corrected chi connectivity index (χ3v) is 4.76. The maximum Gasteiger partial charge on any atom is 0.196 e. The number of para-hydroxylation sites is 2. The summed E-state index contributed by atoms with van der Waals surface area (Å²) in [6.45, 7) is 2.24. The molecule has 128 valence electrons. The molecule has 0 saturated heterocycles. The van der Waals surface area contributed by atoms with Gasteiger partial charge in [-0.25, -0.2) is 4.98 Å². The van der Waals surface area contributed by atoms with E-state index in [0.29, 0.717) is 0 Å². The molecule has 1 atom stereocenters. The van der Waals surface area contributed by atoms with Crippen molar-refractivity contribution in [2.75, 3.05) is 0 Å². The lowest BCUT2D eigenvalue weighted by molar-refractivity contribution is 0.222. The van der Waals surface area contributed by atoms with Gasteiger partial charge in [0.1, 0.15) is 0 Å². The lowest BCUT2D eigenvalue weighted by Crippen LogP contribution is -1.99. The van der Waals surface area contributed by atoms with Crippen LogP contribution >= 0.6 is 0 Å². The molecule has 1 aliphatic rings. The molecule has 4 rings (SSSR count). The number of ether oxygens (including phenoxy) is 1. The second kappa shape index (κ2) is 7.14. The number of aromatic nitrogens is 2. The van der Waals surface area contributed by atoms with E-state index >= 15 is 0 Å². The topological polar surface area (TPSA) is 27.1 Å². The predicted molar refractivity (Wildman–Crippen MR) is 102 cm³/mol. The molecule has 3 aromatic rings. The summed E-state index contributed by atoms with van der Waals surface area (Å²) < 4.78 is 8.52. The second-order valence-corrected chi connectivity index (χ2v) is 6.59. The predicted octanol–water partition coefficient (Wildman–Crippen LogP) is 5.92. The highest BCUT2D eigenvalue weighted by Gasteiger charge is 2.32. The van der Waals surface area contributed by atoms with Gasteiger partial charge in [-0.05, 0) is 31.1 Å². The van der Waals surface area contributed by atoms with E-state index in [1.54, 1.807) is 0 Å². The van der Waals surface area contributed by atoms with E-state index in [1.165, 1.54) is 25.7 Å². The van der Waals surface area contributed by atoms with E-state index in [0.717, 1.165) is 34.7 Å². The molecule has 2 heterocycles. The Bertz CT molecular complexity index is 879. The minimum Gasteiger partial charge on any atom is -0.462 e. The number of hydrogen-bond donors (Lipinski definition) is 0. The van der Waals surface area contributed by atoms with Crippen molar-refractivity contribution in [1.29, 1.82) is 0 Å². The Morgan fingerprint density at radius 2 is 1.80 bits per heavy atom. The Balaban J connectivity index is 1.70. The van der Waals surface area contributed by atoms with E-state index in [2.05, 4.69) is 60.0 Å². The summed E-state index contributed by atoms with van der Waals surface area (Å²) in [6.07, 6.45) is 8.20. The Hall–Kier alpha value is -2.55. The fraction of sp³-hybridized carbons (Fsp3) is 0.318. The zero-order valence-electron chi connectivity index (χ0n) is 14.7. The largest absolute Gasteiger partial charge is 0.462 e. The first kappa shape index (κ1) is 15.9. The number of rotatable bonds is 6. The quantitative estimate of drug-likeness (QED) is 0.523. The van der Waals surface area contributed by atoms with Crippen LogP contribution in [0.2, 0.25) is 0 Å². The molecule has 0 amide bonds. The van der Waals surface area contributed by atoms with Gasteiger partial charge in [-0.3, -0.25) is 4.57 Å². The summed E-state index contributed by atoms with van der Waals surface area (Å²) in [4.78, 5) is 4.86. The number of imidazole rings is 1. The summed E-state index contributed by atoms with van der Waals surface area (Å²) in [5, 5.41) is 0. The maximum absolute atomic E-state index is 6.33. The van der Waals surface area contributed by atoms with Gasteiger partial charge in [-0.2, -0.15) is 0 Å². The summed E-state index contributed by atoms with van der Waals surface area (Å²) in [5.41, 5.74) is 3.29. The van der Waals surface area contributed by atoms with Crippen LogP contribution in [0.5, 0.6) is 0 Å². The molecular formula is C22H24N2O.